The van der Waals surface area contributed by atoms with Crippen LogP contribution in [0.5, 0.6) is 0 Å². The molecule has 2 aliphatic heterocycles. The Morgan fingerprint density at radius 3 is 2.56 bits per heavy atom. The number of ether oxygens (including phenoxy) is 1. The molecule has 1 saturated heterocycles. The third-order valence-corrected chi connectivity index (χ3v) is 7.64. The predicted octanol–water partition coefficient (Wildman–Crippen LogP) is 4.73. The molecule has 0 saturated carbocycles. The molecule has 0 aliphatic carbocycles. The van der Waals surface area contributed by atoms with Crippen molar-refractivity contribution in [3.05, 3.63) is 101 Å². The van der Waals surface area contributed by atoms with Crippen LogP contribution >= 0.6 is 0 Å². The van der Waals surface area contributed by atoms with Crippen LogP contribution in [0, 0.1) is 6.92 Å². The summed E-state index contributed by atoms with van der Waals surface area (Å²) in [5, 5.41) is 3.93. The van der Waals surface area contributed by atoms with Crippen molar-refractivity contribution in [1.29, 1.82) is 0 Å². The standard InChI is InChI=1S/C31H30N4O4/c1-19-12-14-20(15-13-19)28-27-23(21-8-3-5-10-24(21)33-27)18-26-30(37)35(31(38)34(26)28)25-11-6-4-9-22(25)29(36)32-16-7-17-39-2/h3-6,8-15,26,28,33H,7,16-18H2,1-2H3,(H,32,36)/t26-,28?/m0/s1. The highest BCUT2D eigenvalue weighted by Gasteiger charge is 2.53. The van der Waals surface area contributed by atoms with Crippen molar-refractivity contribution < 1.29 is 19.1 Å². The lowest BCUT2D eigenvalue weighted by Crippen LogP contribution is -2.44. The number of para-hydroxylation sites is 2. The van der Waals surface area contributed by atoms with E-state index < -0.39 is 18.1 Å². The van der Waals surface area contributed by atoms with E-state index in [2.05, 4.69) is 16.4 Å². The highest BCUT2D eigenvalue weighted by Crippen LogP contribution is 2.45. The summed E-state index contributed by atoms with van der Waals surface area (Å²) >= 11 is 0. The number of benzene rings is 3. The van der Waals surface area contributed by atoms with Gasteiger partial charge in [0.1, 0.15) is 12.1 Å². The van der Waals surface area contributed by atoms with Crippen molar-refractivity contribution >= 4 is 34.4 Å². The summed E-state index contributed by atoms with van der Waals surface area (Å²) in [4.78, 5) is 47.7. The summed E-state index contributed by atoms with van der Waals surface area (Å²) in [5.74, 6) is -0.661. The Hall–Kier alpha value is -4.43. The molecule has 8 nitrogen and oxygen atoms in total. The van der Waals surface area contributed by atoms with Crippen molar-refractivity contribution in [2.45, 2.75) is 31.8 Å². The van der Waals surface area contributed by atoms with Gasteiger partial charge in [0, 0.05) is 43.3 Å². The van der Waals surface area contributed by atoms with Crippen LogP contribution in [-0.2, 0) is 16.0 Å². The summed E-state index contributed by atoms with van der Waals surface area (Å²) in [6.07, 6.45) is 1.06. The number of aryl methyl sites for hydroxylation is 1. The minimum absolute atomic E-state index is 0.285. The molecule has 1 unspecified atom stereocenters. The number of anilines is 1. The Labute approximate surface area is 226 Å². The van der Waals surface area contributed by atoms with Crippen molar-refractivity contribution in [2.75, 3.05) is 25.2 Å². The molecular weight excluding hydrogens is 492 g/mol. The molecule has 3 heterocycles. The van der Waals surface area contributed by atoms with Gasteiger partial charge >= 0.3 is 6.03 Å². The van der Waals surface area contributed by atoms with E-state index in [9.17, 15) is 14.4 Å². The molecule has 198 valence electrons. The van der Waals surface area contributed by atoms with Crippen LogP contribution in [0.15, 0.2) is 72.8 Å². The zero-order valence-electron chi connectivity index (χ0n) is 21.9. The summed E-state index contributed by atoms with van der Waals surface area (Å²) < 4.78 is 5.06. The third kappa shape index (κ3) is 4.17. The number of hydrogen-bond donors (Lipinski definition) is 2. The minimum atomic E-state index is -0.687. The smallest absolute Gasteiger partial charge is 0.332 e. The molecule has 4 amide bonds. The first-order chi connectivity index (χ1) is 19.0. The molecular formula is C31H30N4O4. The zero-order valence-corrected chi connectivity index (χ0v) is 21.9. The van der Waals surface area contributed by atoms with E-state index in [1.165, 1.54) is 4.90 Å². The quantitative estimate of drug-likeness (QED) is 0.271. The van der Waals surface area contributed by atoms with Gasteiger partial charge in [-0.15, -0.1) is 0 Å². The lowest BCUT2D eigenvalue weighted by molar-refractivity contribution is -0.120. The van der Waals surface area contributed by atoms with Gasteiger partial charge in [0.15, 0.2) is 0 Å². The molecule has 0 radical (unpaired) electrons. The molecule has 6 rings (SSSR count). The first-order valence-electron chi connectivity index (χ1n) is 13.2. The number of aromatic nitrogens is 1. The Kier molecular flexibility index (Phi) is 6.40. The van der Waals surface area contributed by atoms with E-state index in [0.29, 0.717) is 31.7 Å². The monoisotopic (exact) mass is 522 g/mol. The van der Waals surface area contributed by atoms with Crippen molar-refractivity contribution in [3.63, 3.8) is 0 Å². The van der Waals surface area contributed by atoms with E-state index in [1.807, 2.05) is 49.4 Å². The van der Waals surface area contributed by atoms with E-state index in [-0.39, 0.29) is 17.4 Å². The van der Waals surface area contributed by atoms with Gasteiger partial charge in [0.05, 0.1) is 11.3 Å². The van der Waals surface area contributed by atoms with Crippen molar-refractivity contribution in [1.82, 2.24) is 15.2 Å². The van der Waals surface area contributed by atoms with Gasteiger partial charge < -0.3 is 15.0 Å². The van der Waals surface area contributed by atoms with E-state index >= 15 is 0 Å². The van der Waals surface area contributed by atoms with Crippen LogP contribution in [0.25, 0.3) is 10.9 Å². The molecule has 3 aromatic carbocycles. The number of rotatable bonds is 7. The number of H-pyrrole nitrogens is 1. The lowest BCUT2D eigenvalue weighted by atomic mass is 9.88. The molecule has 2 N–H and O–H groups in total. The first-order valence-corrected chi connectivity index (χ1v) is 13.2. The maximum absolute atomic E-state index is 14.2. The van der Waals surface area contributed by atoms with Gasteiger partial charge in [-0.1, -0.05) is 60.2 Å². The Balaban J connectivity index is 1.42. The van der Waals surface area contributed by atoms with Crippen LogP contribution in [0.4, 0.5) is 10.5 Å². The normalized spacial score (nSPS) is 18.4. The molecule has 39 heavy (non-hydrogen) atoms. The largest absolute Gasteiger partial charge is 0.385 e. The first kappa shape index (κ1) is 24.9. The Morgan fingerprint density at radius 1 is 1.03 bits per heavy atom. The summed E-state index contributed by atoms with van der Waals surface area (Å²) in [6, 6.07) is 21.3. The fourth-order valence-electron chi connectivity index (χ4n) is 5.77. The van der Waals surface area contributed by atoms with Crippen molar-refractivity contribution in [2.24, 2.45) is 0 Å². The summed E-state index contributed by atoms with van der Waals surface area (Å²) in [7, 11) is 1.61. The Morgan fingerprint density at radius 2 is 1.77 bits per heavy atom. The van der Waals surface area contributed by atoms with Gasteiger partial charge in [-0.3, -0.25) is 14.5 Å². The average molecular weight is 523 g/mol. The number of imide groups is 1. The fourth-order valence-corrected chi connectivity index (χ4v) is 5.77. The van der Waals surface area contributed by atoms with Crippen LogP contribution in [-0.4, -0.2) is 54.0 Å². The number of methoxy groups -OCH3 is 1. The van der Waals surface area contributed by atoms with Crippen LogP contribution in [0.3, 0.4) is 0 Å². The second kappa shape index (κ2) is 10.0. The number of nitrogens with zero attached hydrogens (tertiary/aromatic N) is 2. The maximum Gasteiger partial charge on any atom is 0.332 e. The topological polar surface area (TPSA) is 94.7 Å². The summed E-state index contributed by atoms with van der Waals surface area (Å²) in [6.45, 7) is 2.97. The second-order valence-electron chi connectivity index (χ2n) is 10.1. The van der Waals surface area contributed by atoms with E-state index in [4.69, 9.17) is 4.74 Å². The van der Waals surface area contributed by atoms with Gasteiger partial charge in [0.25, 0.3) is 11.8 Å². The van der Waals surface area contributed by atoms with Crippen molar-refractivity contribution in [3.8, 4) is 0 Å². The maximum atomic E-state index is 14.2. The molecule has 4 aromatic rings. The fraction of sp³-hybridized carbons (Fsp3) is 0.258. The van der Waals surface area contributed by atoms with Crippen LogP contribution in [0.1, 0.15) is 45.2 Å². The molecule has 2 aliphatic rings. The number of urea groups is 1. The summed E-state index contributed by atoms with van der Waals surface area (Å²) in [5.41, 5.74) is 5.56. The molecule has 0 spiro atoms. The van der Waals surface area contributed by atoms with Crippen LogP contribution < -0.4 is 10.2 Å². The highest BCUT2D eigenvalue weighted by molar-refractivity contribution is 6.24. The average Bonchev–Trinajstić information content (AvgIpc) is 3.44. The number of hydrogen-bond acceptors (Lipinski definition) is 4. The second-order valence-corrected chi connectivity index (χ2v) is 10.1. The van der Waals surface area contributed by atoms with E-state index in [1.54, 1.807) is 36.3 Å². The van der Waals surface area contributed by atoms with Gasteiger partial charge in [-0.2, -0.15) is 0 Å². The van der Waals surface area contributed by atoms with Gasteiger partial charge in [0.2, 0.25) is 0 Å². The predicted molar refractivity (Wildman–Crippen MR) is 149 cm³/mol. The SMILES string of the molecule is COCCCNC(=O)c1ccccc1N1C(=O)[C@@H]2Cc3c([nH]c4ccccc34)C(c3ccc(C)cc3)N2C1=O. The zero-order chi connectivity index (χ0) is 27.1. The number of carbonyl (C=O) groups is 3. The number of aromatic amines is 1. The Bertz CT molecular complexity index is 1580. The molecule has 2 atom stereocenters. The number of nitrogens with one attached hydrogen (secondary N) is 2. The van der Waals surface area contributed by atoms with Crippen LogP contribution in [0.2, 0.25) is 0 Å². The highest BCUT2D eigenvalue weighted by atomic mass is 16.5. The molecule has 1 aromatic heterocycles. The minimum Gasteiger partial charge on any atom is -0.385 e. The third-order valence-electron chi connectivity index (χ3n) is 7.64. The molecule has 8 heteroatoms. The van der Waals surface area contributed by atoms with E-state index in [0.717, 1.165) is 33.3 Å². The number of carbonyl (C=O) groups excluding carboxylic acids is 3. The molecule has 1 fully saturated rings. The molecule has 0 bridgehead atoms. The van der Waals surface area contributed by atoms with Gasteiger partial charge in [-0.05, 0) is 42.7 Å². The number of fused-ring (bicyclic) bond motifs is 4. The van der Waals surface area contributed by atoms with Gasteiger partial charge in [-0.25, -0.2) is 9.69 Å². The lowest BCUT2D eigenvalue weighted by Gasteiger charge is -2.36. The number of amides is 4.